The zero-order valence-electron chi connectivity index (χ0n) is 19.1. The molecule has 1 aromatic heterocycles. The molecule has 4 aromatic rings. The van der Waals surface area contributed by atoms with Gasteiger partial charge in [-0.15, -0.1) is 12.1 Å². The summed E-state index contributed by atoms with van der Waals surface area (Å²) in [6.45, 7) is 1.90. The van der Waals surface area contributed by atoms with E-state index in [-0.39, 0.29) is 31.8 Å². The van der Waals surface area contributed by atoms with Crippen LogP contribution in [0.5, 0.6) is 0 Å². The van der Waals surface area contributed by atoms with Crippen LogP contribution in [0.3, 0.4) is 0 Å². The number of hydrogen-bond donors (Lipinski definition) is 0. The molecule has 0 aliphatic rings. The molecule has 7 heteroatoms. The van der Waals surface area contributed by atoms with E-state index in [1.165, 1.54) is 0 Å². The number of pyridine rings is 1. The Labute approximate surface area is 216 Å². The molecule has 0 saturated carbocycles. The summed E-state index contributed by atoms with van der Waals surface area (Å²) in [4.78, 5) is 3.93. The van der Waals surface area contributed by atoms with Crippen molar-refractivity contribution >= 4 is 10.0 Å². The van der Waals surface area contributed by atoms with Crippen molar-refractivity contribution in [3.05, 3.63) is 150 Å². The number of sulfonamides is 1. The molecule has 3 aromatic carbocycles. The van der Waals surface area contributed by atoms with Crippen LogP contribution in [-0.2, 0) is 29.5 Å². The molecule has 1 radical (unpaired) electrons. The van der Waals surface area contributed by atoms with Gasteiger partial charge in [-0.2, -0.15) is 0 Å². The third-order valence-electron chi connectivity index (χ3n) is 4.75. The standard InChI is InChI=1S/C21H20N2O2S.C5H5N.CH3.Ru/c1-16-12-14-19(15-13-16)26(24,25)23-21(18-10-6-3-7-11-18)20(22)17-8-4-2-5-9-17;1-2-4-6-5-3-1;;/h2-15,20-22H,1H3;1-5H;1H3;/q-2;;-1;+3/t20-,21-;;;/m0.../s1. The zero-order valence-corrected chi connectivity index (χ0v) is 21.7. The summed E-state index contributed by atoms with van der Waals surface area (Å²) in [5.41, 5.74) is 11.0. The van der Waals surface area contributed by atoms with Crippen LogP contribution >= 0.6 is 0 Å². The topological polar surface area (TPSA) is 84.9 Å². The summed E-state index contributed by atoms with van der Waals surface area (Å²) in [7, 11) is -3.87. The second kappa shape index (κ2) is 14.5. The minimum Gasteiger partial charge on any atom is -0.672 e. The Bertz CT molecular complexity index is 1150. The van der Waals surface area contributed by atoms with Crippen molar-refractivity contribution in [2.75, 3.05) is 0 Å². The summed E-state index contributed by atoms with van der Waals surface area (Å²) in [6.07, 6.45) is 3.50. The van der Waals surface area contributed by atoms with Crippen molar-refractivity contribution in [2.45, 2.75) is 23.9 Å². The molecule has 1 N–H and O–H groups in total. The third-order valence-corrected chi connectivity index (χ3v) is 6.13. The molecule has 5 nitrogen and oxygen atoms in total. The van der Waals surface area contributed by atoms with Crippen LogP contribution in [0.2, 0.25) is 0 Å². The van der Waals surface area contributed by atoms with E-state index < -0.39 is 22.1 Å². The molecule has 1 heterocycles. The molecule has 0 fully saturated rings. The van der Waals surface area contributed by atoms with Crippen molar-refractivity contribution in [2.24, 2.45) is 0 Å². The maximum absolute atomic E-state index is 12.8. The number of benzene rings is 3. The molecule has 177 valence electrons. The monoisotopic (exact) mass is 560 g/mol. The first-order valence-corrected chi connectivity index (χ1v) is 11.6. The molecule has 0 spiro atoms. The average molecular weight is 560 g/mol. The fourth-order valence-corrected chi connectivity index (χ4v) is 4.18. The first-order valence-electron chi connectivity index (χ1n) is 10.2. The summed E-state index contributed by atoms with van der Waals surface area (Å²) < 4.78 is 29.8. The van der Waals surface area contributed by atoms with Crippen LogP contribution in [0.1, 0.15) is 28.8 Å². The van der Waals surface area contributed by atoms with Crippen molar-refractivity contribution < 1.29 is 27.9 Å². The number of hydrogen-bond acceptors (Lipinski definition) is 3. The number of aryl methyl sites for hydroxylation is 1. The maximum atomic E-state index is 12.8. The predicted octanol–water partition coefficient (Wildman–Crippen LogP) is 7.12. The average Bonchev–Trinajstić information content (AvgIpc) is 2.85. The van der Waals surface area contributed by atoms with Gasteiger partial charge in [0.05, 0.1) is 0 Å². The minimum atomic E-state index is -3.87. The van der Waals surface area contributed by atoms with E-state index in [1.54, 1.807) is 36.7 Å². The van der Waals surface area contributed by atoms with Crippen molar-refractivity contribution in [1.29, 1.82) is 0 Å². The first-order chi connectivity index (χ1) is 15.5. The van der Waals surface area contributed by atoms with Gasteiger partial charge >= 0.3 is 19.5 Å². The van der Waals surface area contributed by atoms with Gasteiger partial charge < -0.3 is 17.9 Å². The van der Waals surface area contributed by atoms with Crippen LogP contribution in [0, 0.1) is 14.4 Å². The van der Waals surface area contributed by atoms with Crippen molar-refractivity contribution in [3.63, 3.8) is 0 Å². The molecule has 0 bridgehead atoms. The molecule has 34 heavy (non-hydrogen) atoms. The number of rotatable bonds is 6. The zero-order chi connectivity index (χ0) is 22.8. The van der Waals surface area contributed by atoms with Gasteiger partial charge in [-0.05, 0) is 31.2 Å². The molecule has 2 atom stereocenters. The van der Waals surface area contributed by atoms with E-state index in [4.69, 9.17) is 5.73 Å². The number of aromatic nitrogens is 1. The van der Waals surface area contributed by atoms with Gasteiger partial charge in [0, 0.05) is 17.3 Å². The Morgan fingerprint density at radius 1 is 0.735 bits per heavy atom. The minimum absolute atomic E-state index is 0. The SMILES string of the molecule is Cc1ccc(S(=O)(=O)[N-][C@@H](c2ccccc2)[C@@H]([NH-])c2ccccc2)cc1.[CH3-].[Ru+3].c1ccncc1. The molecule has 0 amide bonds. The molecular weight excluding hydrogens is 531 g/mol. The van der Waals surface area contributed by atoms with Gasteiger partial charge in [0.1, 0.15) is 10.0 Å². The smallest absolute Gasteiger partial charge is 0.672 e. The normalized spacial score (nSPS) is 12.1. The maximum Gasteiger partial charge on any atom is 3.00 e. The van der Waals surface area contributed by atoms with Crippen LogP contribution in [0.25, 0.3) is 10.5 Å². The molecule has 0 aliphatic carbocycles. The van der Waals surface area contributed by atoms with Crippen molar-refractivity contribution in [3.8, 4) is 0 Å². The van der Waals surface area contributed by atoms with E-state index in [1.807, 2.05) is 85.8 Å². The van der Waals surface area contributed by atoms with Gasteiger partial charge in [-0.25, -0.2) is 8.42 Å². The Kier molecular flexibility index (Phi) is 12.5. The largest absolute Gasteiger partial charge is 3.00 e. The van der Waals surface area contributed by atoms with Crippen LogP contribution in [0.4, 0.5) is 0 Å². The Balaban J connectivity index is 0.000000631. The van der Waals surface area contributed by atoms with E-state index >= 15 is 0 Å². The van der Waals surface area contributed by atoms with Gasteiger partial charge in [0.15, 0.2) is 0 Å². The quantitative estimate of drug-likeness (QED) is 0.186. The Morgan fingerprint density at radius 2 is 1.21 bits per heavy atom. The predicted molar refractivity (Wildman–Crippen MR) is 135 cm³/mol. The van der Waals surface area contributed by atoms with Crippen LogP contribution in [-0.4, -0.2) is 13.4 Å². The van der Waals surface area contributed by atoms with E-state index in [0.29, 0.717) is 5.56 Å². The fraction of sp³-hybridized carbons (Fsp3) is 0.111. The molecule has 4 rings (SSSR count). The third kappa shape index (κ3) is 8.58. The summed E-state index contributed by atoms with van der Waals surface area (Å²) in [5, 5.41) is 0. The summed E-state index contributed by atoms with van der Waals surface area (Å²) in [5.74, 6) is 0. The summed E-state index contributed by atoms with van der Waals surface area (Å²) >= 11 is 0. The fourth-order valence-electron chi connectivity index (χ4n) is 3.04. The van der Waals surface area contributed by atoms with Gasteiger partial charge in [0.25, 0.3) is 0 Å². The molecule has 0 aliphatic heterocycles. The van der Waals surface area contributed by atoms with Crippen molar-refractivity contribution in [1.82, 2.24) is 4.98 Å². The van der Waals surface area contributed by atoms with Crippen LogP contribution < -0.4 is 0 Å². The second-order valence-corrected chi connectivity index (χ2v) is 8.79. The van der Waals surface area contributed by atoms with Gasteiger partial charge in [-0.1, -0.05) is 95.6 Å². The molecule has 0 saturated heterocycles. The number of nitrogens with one attached hydrogen (secondary N) is 1. The first kappa shape index (κ1) is 29.3. The number of nitrogens with zero attached hydrogens (tertiary/aromatic N) is 2. The second-order valence-electron chi connectivity index (χ2n) is 7.16. The molecule has 0 unspecified atom stereocenters. The van der Waals surface area contributed by atoms with Gasteiger partial charge in [0.2, 0.25) is 0 Å². The molecular formula is C27H28N3O2RuS. The van der Waals surface area contributed by atoms with Gasteiger partial charge in [-0.3, -0.25) is 4.98 Å². The summed E-state index contributed by atoms with van der Waals surface area (Å²) in [6, 6.07) is 29.0. The Morgan fingerprint density at radius 3 is 1.65 bits per heavy atom. The van der Waals surface area contributed by atoms with E-state index in [0.717, 1.165) is 11.1 Å². The van der Waals surface area contributed by atoms with E-state index in [9.17, 15) is 8.42 Å². The Hall–Kier alpha value is -2.70. The van der Waals surface area contributed by atoms with E-state index in [2.05, 4.69) is 9.71 Å². The van der Waals surface area contributed by atoms with Crippen LogP contribution in [0.15, 0.2) is 120 Å².